The molecule has 1 saturated heterocycles. The number of nitrogens with one attached hydrogen (secondary N) is 1. The van der Waals surface area contributed by atoms with Gasteiger partial charge < -0.3 is 20.1 Å². The van der Waals surface area contributed by atoms with Crippen LogP contribution in [-0.4, -0.2) is 37.3 Å². The van der Waals surface area contributed by atoms with E-state index in [1.165, 1.54) is 0 Å². The van der Waals surface area contributed by atoms with Gasteiger partial charge in [-0.25, -0.2) is 0 Å². The summed E-state index contributed by atoms with van der Waals surface area (Å²) in [6.45, 7) is 2.77. The van der Waals surface area contributed by atoms with E-state index in [0.29, 0.717) is 23.9 Å². The minimum absolute atomic E-state index is 0.127. The zero-order valence-corrected chi connectivity index (χ0v) is 13.9. The van der Waals surface area contributed by atoms with E-state index in [1.807, 2.05) is 18.2 Å². The zero-order valence-electron chi connectivity index (χ0n) is 13.2. The number of hydrogen-bond acceptors (Lipinski definition) is 4. The van der Waals surface area contributed by atoms with E-state index < -0.39 is 0 Å². The van der Waals surface area contributed by atoms with Crippen molar-refractivity contribution in [1.82, 2.24) is 0 Å². The minimum Gasteiger partial charge on any atom is -0.508 e. The van der Waals surface area contributed by atoms with Crippen LogP contribution < -0.4 is 10.2 Å². The number of para-hydroxylation sites is 1. The first-order valence-electron chi connectivity index (χ1n) is 7.82. The van der Waals surface area contributed by atoms with Crippen molar-refractivity contribution < 1.29 is 14.6 Å². The summed E-state index contributed by atoms with van der Waals surface area (Å²) in [6.07, 6.45) is 0.231. The number of benzene rings is 2. The standard InChI is InChI=1S/C18H19ClN2O3/c19-15-2-1-3-16(18(15)21-8-10-24-11-9-21)20-17(23)12-13-4-6-14(22)7-5-13/h1-7,22H,8-12H2,(H,20,23). The van der Waals surface area contributed by atoms with Crippen molar-refractivity contribution in [2.45, 2.75) is 6.42 Å². The number of carbonyl (C=O) groups excluding carboxylic acids is 1. The highest BCUT2D eigenvalue weighted by Gasteiger charge is 2.19. The average molecular weight is 347 g/mol. The van der Waals surface area contributed by atoms with Gasteiger partial charge in [0.25, 0.3) is 0 Å². The molecule has 2 N–H and O–H groups in total. The molecule has 1 aliphatic heterocycles. The van der Waals surface area contributed by atoms with Crippen LogP contribution in [0.1, 0.15) is 5.56 Å². The molecule has 3 rings (SSSR count). The third-order valence-electron chi connectivity index (χ3n) is 3.89. The molecule has 0 aromatic heterocycles. The number of morpholine rings is 1. The van der Waals surface area contributed by atoms with E-state index in [4.69, 9.17) is 16.3 Å². The first kappa shape index (κ1) is 16.6. The molecule has 1 aliphatic rings. The van der Waals surface area contributed by atoms with E-state index in [9.17, 15) is 9.90 Å². The fourth-order valence-electron chi connectivity index (χ4n) is 2.72. The molecule has 0 radical (unpaired) electrons. The monoisotopic (exact) mass is 346 g/mol. The molecular formula is C18H19ClN2O3. The maximum Gasteiger partial charge on any atom is 0.228 e. The van der Waals surface area contributed by atoms with Gasteiger partial charge in [0, 0.05) is 13.1 Å². The van der Waals surface area contributed by atoms with Crippen molar-refractivity contribution in [1.29, 1.82) is 0 Å². The first-order valence-corrected chi connectivity index (χ1v) is 8.20. The van der Waals surface area contributed by atoms with Gasteiger partial charge in [-0.15, -0.1) is 0 Å². The second kappa shape index (κ2) is 7.55. The second-order valence-electron chi connectivity index (χ2n) is 5.63. The van der Waals surface area contributed by atoms with Crippen LogP contribution in [0.5, 0.6) is 5.75 Å². The van der Waals surface area contributed by atoms with Crippen LogP contribution in [0, 0.1) is 0 Å². The smallest absolute Gasteiger partial charge is 0.228 e. The number of nitrogens with zero attached hydrogens (tertiary/aromatic N) is 1. The molecule has 2 aromatic rings. The number of amides is 1. The number of hydrogen-bond donors (Lipinski definition) is 2. The van der Waals surface area contributed by atoms with Gasteiger partial charge in [0.05, 0.1) is 36.0 Å². The summed E-state index contributed by atoms with van der Waals surface area (Å²) < 4.78 is 5.38. The fourth-order valence-corrected chi connectivity index (χ4v) is 3.01. The van der Waals surface area contributed by atoms with Crippen molar-refractivity contribution in [2.75, 3.05) is 36.5 Å². The van der Waals surface area contributed by atoms with Crippen molar-refractivity contribution in [2.24, 2.45) is 0 Å². The molecule has 2 aromatic carbocycles. The highest BCUT2D eigenvalue weighted by molar-refractivity contribution is 6.34. The molecule has 5 nitrogen and oxygen atoms in total. The second-order valence-corrected chi connectivity index (χ2v) is 6.03. The normalized spacial score (nSPS) is 14.5. The molecule has 1 heterocycles. The lowest BCUT2D eigenvalue weighted by atomic mass is 10.1. The predicted octanol–water partition coefficient (Wildman–Crippen LogP) is 3.06. The number of halogens is 1. The zero-order chi connectivity index (χ0) is 16.9. The van der Waals surface area contributed by atoms with Crippen LogP contribution in [0.4, 0.5) is 11.4 Å². The minimum atomic E-state index is -0.127. The lowest BCUT2D eigenvalue weighted by molar-refractivity contribution is -0.115. The molecule has 0 aliphatic carbocycles. The maximum absolute atomic E-state index is 12.4. The molecule has 1 fully saturated rings. The van der Waals surface area contributed by atoms with Crippen LogP contribution in [0.25, 0.3) is 0 Å². The summed E-state index contributed by atoms with van der Waals surface area (Å²) in [6, 6.07) is 12.1. The topological polar surface area (TPSA) is 61.8 Å². The summed E-state index contributed by atoms with van der Waals surface area (Å²) in [5.41, 5.74) is 2.37. The van der Waals surface area contributed by atoms with E-state index in [0.717, 1.165) is 24.3 Å². The largest absolute Gasteiger partial charge is 0.508 e. The Hall–Kier alpha value is -2.24. The van der Waals surface area contributed by atoms with Crippen molar-refractivity contribution >= 4 is 28.9 Å². The third-order valence-corrected chi connectivity index (χ3v) is 4.19. The van der Waals surface area contributed by atoms with Crippen LogP contribution >= 0.6 is 11.6 Å². The van der Waals surface area contributed by atoms with Gasteiger partial charge >= 0.3 is 0 Å². The summed E-state index contributed by atoms with van der Waals surface area (Å²) in [7, 11) is 0. The number of aromatic hydroxyl groups is 1. The number of phenols is 1. The maximum atomic E-state index is 12.4. The SMILES string of the molecule is O=C(Cc1ccc(O)cc1)Nc1cccc(Cl)c1N1CCOCC1. The van der Waals surface area contributed by atoms with Gasteiger partial charge in [-0.05, 0) is 29.8 Å². The van der Waals surface area contributed by atoms with E-state index >= 15 is 0 Å². The predicted molar refractivity (Wildman–Crippen MR) is 94.9 cm³/mol. The van der Waals surface area contributed by atoms with Crippen LogP contribution in [-0.2, 0) is 16.0 Å². The lowest BCUT2D eigenvalue weighted by Gasteiger charge is -2.31. The first-order chi connectivity index (χ1) is 11.6. The highest BCUT2D eigenvalue weighted by Crippen LogP contribution is 2.34. The highest BCUT2D eigenvalue weighted by atomic mass is 35.5. The Kier molecular flexibility index (Phi) is 5.23. The molecule has 126 valence electrons. The number of rotatable bonds is 4. The van der Waals surface area contributed by atoms with Gasteiger partial charge in [0.2, 0.25) is 5.91 Å². The van der Waals surface area contributed by atoms with E-state index in [1.54, 1.807) is 24.3 Å². The third kappa shape index (κ3) is 3.99. The van der Waals surface area contributed by atoms with Crippen LogP contribution in [0.15, 0.2) is 42.5 Å². The Bertz CT molecular complexity index is 713. The Morgan fingerprint density at radius 1 is 1.17 bits per heavy atom. The Morgan fingerprint density at radius 3 is 2.58 bits per heavy atom. The van der Waals surface area contributed by atoms with Gasteiger partial charge in [-0.2, -0.15) is 0 Å². The van der Waals surface area contributed by atoms with Gasteiger partial charge in [-0.3, -0.25) is 4.79 Å². The van der Waals surface area contributed by atoms with Crippen LogP contribution in [0.3, 0.4) is 0 Å². The van der Waals surface area contributed by atoms with Gasteiger partial charge in [0.1, 0.15) is 5.75 Å². The summed E-state index contributed by atoms with van der Waals surface area (Å²) in [4.78, 5) is 14.5. The number of phenolic OH excluding ortho intramolecular Hbond substituents is 1. The summed E-state index contributed by atoms with van der Waals surface area (Å²) in [5.74, 6) is 0.0565. The Balaban J connectivity index is 1.75. The van der Waals surface area contributed by atoms with Crippen molar-refractivity contribution in [3.8, 4) is 5.75 Å². The molecular weight excluding hydrogens is 328 g/mol. The Labute approximate surface area is 145 Å². The van der Waals surface area contributed by atoms with Crippen molar-refractivity contribution in [3.63, 3.8) is 0 Å². The molecule has 0 bridgehead atoms. The molecule has 6 heteroatoms. The molecule has 0 unspecified atom stereocenters. The van der Waals surface area contributed by atoms with E-state index in [2.05, 4.69) is 10.2 Å². The van der Waals surface area contributed by atoms with E-state index in [-0.39, 0.29) is 18.1 Å². The van der Waals surface area contributed by atoms with Crippen molar-refractivity contribution in [3.05, 3.63) is 53.1 Å². The number of anilines is 2. The number of ether oxygens (including phenoxy) is 1. The quantitative estimate of drug-likeness (QED) is 0.893. The van der Waals surface area contributed by atoms with Gasteiger partial charge in [-0.1, -0.05) is 29.8 Å². The molecule has 0 spiro atoms. The fraction of sp³-hybridized carbons (Fsp3) is 0.278. The molecule has 0 saturated carbocycles. The summed E-state index contributed by atoms with van der Waals surface area (Å²) >= 11 is 6.36. The molecule has 24 heavy (non-hydrogen) atoms. The lowest BCUT2D eigenvalue weighted by Crippen LogP contribution is -2.37. The average Bonchev–Trinajstić information content (AvgIpc) is 2.58. The van der Waals surface area contributed by atoms with Gasteiger partial charge in [0.15, 0.2) is 0 Å². The summed E-state index contributed by atoms with van der Waals surface area (Å²) in [5, 5.41) is 12.9. The molecule has 1 amide bonds. The van der Waals surface area contributed by atoms with Crippen LogP contribution in [0.2, 0.25) is 5.02 Å². The Morgan fingerprint density at radius 2 is 1.88 bits per heavy atom. The molecule has 0 atom stereocenters. The number of carbonyl (C=O) groups is 1.